The second-order valence-corrected chi connectivity index (χ2v) is 5.05. The number of pyridine rings is 1. The van der Waals surface area contributed by atoms with Crippen LogP contribution in [0, 0.1) is 5.82 Å². The molecule has 0 aliphatic carbocycles. The number of aromatic nitrogens is 1. The van der Waals surface area contributed by atoms with Crippen LogP contribution in [0.4, 0.5) is 4.39 Å². The first-order valence-electron chi connectivity index (χ1n) is 6.03. The number of benzene rings is 1. The molecule has 1 heterocycles. The first-order chi connectivity index (χ1) is 9.11. The van der Waals surface area contributed by atoms with Gasteiger partial charge in [-0.3, -0.25) is 9.78 Å². The summed E-state index contributed by atoms with van der Waals surface area (Å²) in [5.41, 5.74) is 2.20. The maximum absolute atomic E-state index is 13.0. The summed E-state index contributed by atoms with van der Waals surface area (Å²) < 4.78 is 13.6. The number of hydrogen-bond donors (Lipinski definition) is 0. The molecule has 0 saturated carbocycles. The van der Waals surface area contributed by atoms with Gasteiger partial charge in [0.15, 0.2) is 5.78 Å². The van der Waals surface area contributed by atoms with Gasteiger partial charge in [0.1, 0.15) is 11.5 Å². The Morgan fingerprint density at radius 3 is 2.79 bits per heavy atom. The molecule has 1 aromatic heterocycles. The molecule has 0 amide bonds. The van der Waals surface area contributed by atoms with E-state index in [1.54, 1.807) is 12.3 Å². The number of carbonyl (C=O) groups excluding carboxylic acids is 1. The van der Waals surface area contributed by atoms with Crippen molar-refractivity contribution in [3.63, 3.8) is 0 Å². The number of aryl methyl sites for hydroxylation is 1. The minimum atomic E-state index is -0.324. The zero-order chi connectivity index (χ0) is 13.8. The number of nitrogens with zero attached hydrogens (tertiary/aromatic N) is 1. The highest BCUT2D eigenvalue weighted by molar-refractivity contribution is 9.10. The van der Waals surface area contributed by atoms with Gasteiger partial charge in [0.05, 0.1) is 0 Å². The second-order valence-electron chi connectivity index (χ2n) is 4.20. The molecule has 0 aliphatic rings. The molecule has 0 saturated heterocycles. The summed E-state index contributed by atoms with van der Waals surface area (Å²) in [6.07, 6.45) is 2.59. The first kappa shape index (κ1) is 13.9. The molecule has 2 rings (SSSR count). The van der Waals surface area contributed by atoms with Crippen molar-refractivity contribution in [1.29, 1.82) is 0 Å². The predicted molar refractivity (Wildman–Crippen MR) is 75.7 cm³/mol. The Bertz CT molecular complexity index is 613. The molecule has 0 bridgehead atoms. The van der Waals surface area contributed by atoms with E-state index in [9.17, 15) is 9.18 Å². The summed E-state index contributed by atoms with van der Waals surface area (Å²) in [6.45, 7) is 1.99. The maximum Gasteiger partial charge on any atom is 0.185 e. The maximum atomic E-state index is 13.0. The summed E-state index contributed by atoms with van der Waals surface area (Å²) >= 11 is 3.27. The molecule has 4 heteroatoms. The Morgan fingerprint density at radius 1 is 1.32 bits per heavy atom. The summed E-state index contributed by atoms with van der Waals surface area (Å²) in [7, 11) is 0. The number of carbonyl (C=O) groups is 1. The first-order valence-corrected chi connectivity index (χ1v) is 6.82. The second kappa shape index (κ2) is 6.06. The summed E-state index contributed by atoms with van der Waals surface area (Å²) in [5.74, 6) is -0.375. The van der Waals surface area contributed by atoms with Crippen molar-refractivity contribution < 1.29 is 9.18 Å². The van der Waals surface area contributed by atoms with E-state index in [0.29, 0.717) is 10.2 Å². The van der Waals surface area contributed by atoms with Gasteiger partial charge in [-0.05, 0) is 35.7 Å². The molecule has 98 valence electrons. The SMILES string of the molecule is CCc1cccnc1C(=O)Cc1ccc(F)cc1Br. The van der Waals surface area contributed by atoms with E-state index in [0.717, 1.165) is 17.5 Å². The van der Waals surface area contributed by atoms with E-state index in [1.165, 1.54) is 12.1 Å². The van der Waals surface area contributed by atoms with Crippen LogP contribution in [0.15, 0.2) is 41.0 Å². The number of hydrogen-bond acceptors (Lipinski definition) is 2. The molecule has 2 nitrogen and oxygen atoms in total. The van der Waals surface area contributed by atoms with Crippen LogP contribution in [0.5, 0.6) is 0 Å². The lowest BCUT2D eigenvalue weighted by atomic mass is 10.0. The van der Waals surface area contributed by atoms with Crippen molar-refractivity contribution in [3.8, 4) is 0 Å². The van der Waals surface area contributed by atoms with Gasteiger partial charge in [-0.15, -0.1) is 0 Å². The third-order valence-electron chi connectivity index (χ3n) is 2.90. The molecule has 1 aromatic carbocycles. The fourth-order valence-corrected chi connectivity index (χ4v) is 2.39. The van der Waals surface area contributed by atoms with E-state index in [-0.39, 0.29) is 18.0 Å². The minimum absolute atomic E-state index is 0.0511. The number of Topliss-reactive ketones (excluding diaryl/α,β-unsaturated/α-hetero) is 1. The van der Waals surface area contributed by atoms with E-state index in [4.69, 9.17) is 0 Å². The van der Waals surface area contributed by atoms with Gasteiger partial charge in [0, 0.05) is 17.1 Å². The van der Waals surface area contributed by atoms with Crippen LogP contribution in [-0.4, -0.2) is 10.8 Å². The lowest BCUT2D eigenvalue weighted by molar-refractivity contribution is 0.0987. The summed E-state index contributed by atoms with van der Waals surface area (Å²) in [5, 5.41) is 0. The van der Waals surface area contributed by atoms with Crippen molar-refractivity contribution in [2.24, 2.45) is 0 Å². The average molecular weight is 322 g/mol. The Kier molecular flexibility index (Phi) is 4.43. The molecule has 0 unspecified atom stereocenters. The van der Waals surface area contributed by atoms with Crippen LogP contribution >= 0.6 is 15.9 Å². The largest absolute Gasteiger partial charge is 0.292 e. The van der Waals surface area contributed by atoms with Crippen molar-refractivity contribution in [2.75, 3.05) is 0 Å². The van der Waals surface area contributed by atoms with Crippen molar-refractivity contribution in [1.82, 2.24) is 4.98 Å². The lowest BCUT2D eigenvalue weighted by Crippen LogP contribution is -2.09. The molecule has 0 aliphatic heterocycles. The van der Waals surface area contributed by atoms with Gasteiger partial charge in [-0.2, -0.15) is 0 Å². The zero-order valence-corrected chi connectivity index (χ0v) is 12.1. The zero-order valence-electron chi connectivity index (χ0n) is 10.5. The van der Waals surface area contributed by atoms with Crippen LogP contribution in [0.2, 0.25) is 0 Å². The molecule has 2 aromatic rings. The van der Waals surface area contributed by atoms with Crippen LogP contribution in [0.3, 0.4) is 0 Å². The van der Waals surface area contributed by atoms with Crippen molar-refractivity contribution in [2.45, 2.75) is 19.8 Å². The van der Waals surface area contributed by atoms with Crippen LogP contribution < -0.4 is 0 Å². The van der Waals surface area contributed by atoms with Crippen LogP contribution in [0.1, 0.15) is 28.5 Å². The summed E-state index contributed by atoms with van der Waals surface area (Å²) in [6, 6.07) is 8.06. The van der Waals surface area contributed by atoms with E-state index >= 15 is 0 Å². The molecular formula is C15H13BrFNO. The van der Waals surface area contributed by atoms with Gasteiger partial charge in [-0.25, -0.2) is 4.39 Å². The highest BCUT2D eigenvalue weighted by Crippen LogP contribution is 2.20. The fraction of sp³-hybridized carbons (Fsp3) is 0.200. The molecule has 19 heavy (non-hydrogen) atoms. The molecule has 0 fully saturated rings. The molecule has 0 N–H and O–H groups in total. The Balaban J connectivity index is 2.26. The Morgan fingerprint density at radius 2 is 2.11 bits per heavy atom. The third kappa shape index (κ3) is 3.26. The number of halogens is 2. The predicted octanol–water partition coefficient (Wildman–Crippen LogP) is 3.97. The average Bonchev–Trinajstić information content (AvgIpc) is 2.41. The van der Waals surface area contributed by atoms with Gasteiger partial charge >= 0.3 is 0 Å². The topological polar surface area (TPSA) is 30.0 Å². The number of rotatable bonds is 4. The van der Waals surface area contributed by atoms with Gasteiger partial charge < -0.3 is 0 Å². The van der Waals surface area contributed by atoms with Crippen LogP contribution in [0.25, 0.3) is 0 Å². The molecule has 0 atom stereocenters. The highest BCUT2D eigenvalue weighted by Gasteiger charge is 2.14. The molecule has 0 radical (unpaired) electrons. The van der Waals surface area contributed by atoms with E-state index in [1.807, 2.05) is 19.1 Å². The molecule has 0 spiro atoms. The van der Waals surface area contributed by atoms with E-state index in [2.05, 4.69) is 20.9 Å². The third-order valence-corrected chi connectivity index (χ3v) is 3.64. The summed E-state index contributed by atoms with van der Waals surface area (Å²) in [4.78, 5) is 16.4. The van der Waals surface area contributed by atoms with Crippen molar-refractivity contribution in [3.05, 3.63) is 63.6 Å². The van der Waals surface area contributed by atoms with Crippen LogP contribution in [-0.2, 0) is 12.8 Å². The quantitative estimate of drug-likeness (QED) is 0.797. The monoisotopic (exact) mass is 321 g/mol. The van der Waals surface area contributed by atoms with Crippen molar-refractivity contribution >= 4 is 21.7 Å². The van der Waals surface area contributed by atoms with Gasteiger partial charge in [0.2, 0.25) is 0 Å². The number of ketones is 1. The standard InChI is InChI=1S/C15H13BrFNO/c1-2-10-4-3-7-18-15(10)14(19)8-11-5-6-12(17)9-13(11)16/h3-7,9H,2,8H2,1H3. The smallest absolute Gasteiger partial charge is 0.185 e. The lowest BCUT2D eigenvalue weighted by Gasteiger charge is -2.07. The Hall–Kier alpha value is -1.55. The van der Waals surface area contributed by atoms with Gasteiger partial charge in [0.25, 0.3) is 0 Å². The fourth-order valence-electron chi connectivity index (χ4n) is 1.90. The van der Waals surface area contributed by atoms with Gasteiger partial charge in [-0.1, -0.05) is 35.0 Å². The van der Waals surface area contributed by atoms with E-state index < -0.39 is 0 Å². The minimum Gasteiger partial charge on any atom is -0.292 e. The highest BCUT2D eigenvalue weighted by atomic mass is 79.9. The normalized spacial score (nSPS) is 10.5. The molecular weight excluding hydrogens is 309 g/mol. The Labute approximate surface area is 119 Å².